The van der Waals surface area contributed by atoms with Crippen LogP contribution in [0, 0.1) is 5.82 Å². The standard InChI is InChI=1S/C31H28FNO3/c32-27-16-14-26(15-17-27)29(34)20-13-25-9-7-23(8-10-25)5-3-1-2-4-6-24-11-18-28(19-12-24)33-30(35)21-22-31(33)36/h7-22H,1-6H2/b20-13+. The zero-order valence-electron chi connectivity index (χ0n) is 20.0. The van der Waals surface area contributed by atoms with Gasteiger partial charge in [-0.15, -0.1) is 0 Å². The third-order valence-electron chi connectivity index (χ3n) is 6.22. The lowest BCUT2D eigenvalue weighted by Gasteiger charge is -2.14. The Morgan fingerprint density at radius 1 is 0.694 bits per heavy atom. The van der Waals surface area contributed by atoms with Crippen LogP contribution in [0.5, 0.6) is 0 Å². The quantitative estimate of drug-likeness (QED) is 0.136. The Kier molecular flexibility index (Phi) is 8.35. The van der Waals surface area contributed by atoms with Crippen molar-refractivity contribution in [2.75, 3.05) is 4.90 Å². The number of unbranched alkanes of at least 4 members (excludes halogenated alkanes) is 3. The van der Waals surface area contributed by atoms with E-state index in [-0.39, 0.29) is 23.4 Å². The van der Waals surface area contributed by atoms with Gasteiger partial charge in [-0.25, -0.2) is 9.29 Å². The molecule has 3 aromatic rings. The second kappa shape index (κ2) is 12.0. The molecule has 0 radical (unpaired) electrons. The van der Waals surface area contributed by atoms with Crippen molar-refractivity contribution in [3.8, 4) is 0 Å². The maximum Gasteiger partial charge on any atom is 0.258 e. The number of nitrogens with zero attached hydrogens (tertiary/aromatic N) is 1. The summed E-state index contributed by atoms with van der Waals surface area (Å²) in [5.74, 6) is -1.10. The third-order valence-corrected chi connectivity index (χ3v) is 6.22. The first-order chi connectivity index (χ1) is 17.5. The molecule has 0 aliphatic carbocycles. The topological polar surface area (TPSA) is 54.5 Å². The Morgan fingerprint density at radius 2 is 1.22 bits per heavy atom. The predicted molar refractivity (Wildman–Crippen MR) is 140 cm³/mol. The van der Waals surface area contributed by atoms with Crippen LogP contribution in [0.3, 0.4) is 0 Å². The van der Waals surface area contributed by atoms with E-state index >= 15 is 0 Å². The number of carbonyl (C=O) groups is 3. The zero-order chi connectivity index (χ0) is 25.3. The summed E-state index contributed by atoms with van der Waals surface area (Å²) in [4.78, 5) is 36.9. The van der Waals surface area contributed by atoms with Gasteiger partial charge in [0, 0.05) is 17.7 Å². The van der Waals surface area contributed by atoms with Gasteiger partial charge >= 0.3 is 0 Å². The molecule has 0 aromatic heterocycles. The molecule has 4 nitrogen and oxygen atoms in total. The van der Waals surface area contributed by atoms with E-state index in [9.17, 15) is 18.8 Å². The molecule has 3 aromatic carbocycles. The number of aryl methyl sites for hydroxylation is 2. The van der Waals surface area contributed by atoms with Crippen LogP contribution in [-0.2, 0) is 22.4 Å². The van der Waals surface area contributed by atoms with Crippen LogP contribution in [0.25, 0.3) is 6.08 Å². The first-order valence-electron chi connectivity index (χ1n) is 12.2. The van der Waals surface area contributed by atoms with E-state index in [1.54, 1.807) is 6.08 Å². The summed E-state index contributed by atoms with van der Waals surface area (Å²) in [5, 5.41) is 0. The second-order valence-corrected chi connectivity index (χ2v) is 8.87. The van der Waals surface area contributed by atoms with Crippen molar-refractivity contribution in [2.24, 2.45) is 0 Å². The maximum atomic E-state index is 13.0. The Morgan fingerprint density at radius 3 is 1.78 bits per heavy atom. The molecule has 0 N–H and O–H groups in total. The lowest BCUT2D eigenvalue weighted by atomic mass is 10.0. The van der Waals surface area contributed by atoms with E-state index in [0.29, 0.717) is 11.3 Å². The van der Waals surface area contributed by atoms with E-state index in [1.807, 2.05) is 36.4 Å². The van der Waals surface area contributed by atoms with Crippen molar-refractivity contribution < 1.29 is 18.8 Å². The van der Waals surface area contributed by atoms with Gasteiger partial charge in [0.15, 0.2) is 5.78 Å². The Hall–Kier alpha value is -4.12. The third kappa shape index (κ3) is 6.72. The summed E-state index contributed by atoms with van der Waals surface area (Å²) in [6.45, 7) is 0. The van der Waals surface area contributed by atoms with Crippen LogP contribution in [-0.4, -0.2) is 17.6 Å². The Bertz CT molecular complexity index is 1250. The van der Waals surface area contributed by atoms with Crippen LogP contribution in [0.4, 0.5) is 10.1 Å². The fourth-order valence-electron chi connectivity index (χ4n) is 4.16. The minimum atomic E-state index is -0.355. The number of anilines is 1. The number of allylic oxidation sites excluding steroid dienone is 1. The molecule has 0 saturated heterocycles. The molecule has 1 aliphatic rings. The number of carbonyl (C=O) groups excluding carboxylic acids is 3. The molecule has 0 bridgehead atoms. The minimum absolute atomic E-state index is 0.149. The summed E-state index contributed by atoms with van der Waals surface area (Å²) in [6.07, 6.45) is 12.4. The molecule has 0 fully saturated rings. The van der Waals surface area contributed by atoms with Crippen LogP contribution in [0.15, 0.2) is 91.0 Å². The van der Waals surface area contributed by atoms with E-state index in [4.69, 9.17) is 0 Å². The molecular weight excluding hydrogens is 453 g/mol. The van der Waals surface area contributed by atoms with Gasteiger partial charge in [-0.3, -0.25) is 14.4 Å². The normalized spacial score (nSPS) is 13.2. The Balaban J connectivity index is 1.14. The lowest BCUT2D eigenvalue weighted by molar-refractivity contribution is -0.119. The van der Waals surface area contributed by atoms with Crippen molar-refractivity contribution >= 4 is 29.4 Å². The van der Waals surface area contributed by atoms with Crippen molar-refractivity contribution in [2.45, 2.75) is 38.5 Å². The fourth-order valence-corrected chi connectivity index (χ4v) is 4.16. The summed E-state index contributed by atoms with van der Waals surface area (Å²) >= 11 is 0. The number of hydrogen-bond acceptors (Lipinski definition) is 3. The van der Waals surface area contributed by atoms with Crippen LogP contribution < -0.4 is 4.90 Å². The summed E-state index contributed by atoms with van der Waals surface area (Å²) in [6, 6.07) is 21.4. The van der Waals surface area contributed by atoms with E-state index in [0.717, 1.165) is 44.1 Å². The highest BCUT2D eigenvalue weighted by molar-refractivity contribution is 6.28. The molecule has 5 heteroatoms. The highest BCUT2D eigenvalue weighted by atomic mass is 19.1. The van der Waals surface area contributed by atoms with Crippen molar-refractivity contribution in [1.29, 1.82) is 0 Å². The van der Waals surface area contributed by atoms with Gasteiger partial charge in [-0.1, -0.05) is 55.3 Å². The second-order valence-electron chi connectivity index (χ2n) is 8.87. The molecule has 0 spiro atoms. The van der Waals surface area contributed by atoms with Crippen LogP contribution in [0.2, 0.25) is 0 Å². The molecule has 1 heterocycles. The van der Waals surface area contributed by atoms with Gasteiger partial charge in [0.1, 0.15) is 5.82 Å². The molecule has 2 amide bonds. The first kappa shape index (κ1) is 25.0. The molecule has 36 heavy (non-hydrogen) atoms. The monoisotopic (exact) mass is 481 g/mol. The van der Waals surface area contributed by atoms with E-state index in [1.165, 1.54) is 58.5 Å². The maximum absolute atomic E-state index is 13.0. The number of halogens is 1. The molecule has 1 aliphatic heterocycles. The largest absolute Gasteiger partial charge is 0.289 e. The van der Waals surface area contributed by atoms with E-state index < -0.39 is 0 Å². The number of amides is 2. The number of ketones is 1. The van der Waals surface area contributed by atoms with Crippen molar-refractivity contribution in [3.05, 3.63) is 119 Å². The first-order valence-corrected chi connectivity index (χ1v) is 12.2. The number of benzene rings is 3. The number of hydrogen-bond donors (Lipinski definition) is 0. The average Bonchev–Trinajstić information content (AvgIpc) is 3.23. The molecular formula is C31H28FNO3. The summed E-state index contributed by atoms with van der Waals surface area (Å²) < 4.78 is 13.0. The van der Waals surface area contributed by atoms with Crippen molar-refractivity contribution in [3.63, 3.8) is 0 Å². The lowest BCUT2D eigenvalue weighted by Crippen LogP contribution is -2.29. The molecule has 182 valence electrons. The van der Waals surface area contributed by atoms with Gasteiger partial charge in [0.25, 0.3) is 11.8 Å². The predicted octanol–water partition coefficient (Wildman–Crippen LogP) is 6.50. The van der Waals surface area contributed by atoms with Crippen LogP contribution >= 0.6 is 0 Å². The van der Waals surface area contributed by atoms with Crippen molar-refractivity contribution in [1.82, 2.24) is 0 Å². The smallest absolute Gasteiger partial charge is 0.258 e. The van der Waals surface area contributed by atoms with Gasteiger partial charge < -0.3 is 0 Å². The average molecular weight is 482 g/mol. The zero-order valence-corrected chi connectivity index (χ0v) is 20.0. The molecule has 4 rings (SSSR count). The summed E-state index contributed by atoms with van der Waals surface area (Å²) in [5.41, 5.74) is 4.50. The minimum Gasteiger partial charge on any atom is -0.289 e. The fraction of sp³-hybridized carbons (Fsp3) is 0.194. The SMILES string of the molecule is O=C(/C=C/c1ccc(CCCCCCc2ccc(N3C(=O)C=CC3=O)cc2)cc1)c1ccc(F)cc1. The highest BCUT2D eigenvalue weighted by Gasteiger charge is 2.24. The molecule has 0 unspecified atom stereocenters. The van der Waals surface area contributed by atoms with Crippen LogP contribution in [0.1, 0.15) is 52.7 Å². The number of imide groups is 1. The molecule has 0 atom stereocenters. The summed E-state index contributed by atoms with van der Waals surface area (Å²) in [7, 11) is 0. The molecule has 0 saturated carbocycles. The van der Waals surface area contributed by atoms with Gasteiger partial charge in [0.2, 0.25) is 0 Å². The van der Waals surface area contributed by atoms with Gasteiger partial charge in [-0.05, 0) is 84.8 Å². The highest BCUT2D eigenvalue weighted by Crippen LogP contribution is 2.20. The van der Waals surface area contributed by atoms with Gasteiger partial charge in [0.05, 0.1) is 5.69 Å². The Labute approximate surface area is 210 Å². The number of rotatable bonds is 11. The van der Waals surface area contributed by atoms with Gasteiger partial charge in [-0.2, -0.15) is 0 Å². The van der Waals surface area contributed by atoms with E-state index in [2.05, 4.69) is 12.1 Å².